The Morgan fingerprint density at radius 3 is 2.25 bits per heavy atom. The highest BCUT2D eigenvalue weighted by atomic mass is 16.5. The topological polar surface area (TPSA) is 61.3 Å². The zero-order valence-corrected chi connectivity index (χ0v) is 20.1. The van der Waals surface area contributed by atoms with Crippen LogP contribution >= 0.6 is 0 Å². The fourth-order valence-electron chi connectivity index (χ4n) is 3.43. The Hall–Kier alpha value is -2.43. The number of unbranched alkanes of at least 4 members (excludes halogenated alkanes) is 6. The van der Waals surface area contributed by atoms with Crippen LogP contribution in [0.5, 0.6) is 11.5 Å². The zero-order chi connectivity index (χ0) is 23.0. The summed E-state index contributed by atoms with van der Waals surface area (Å²) in [7, 11) is 0. The van der Waals surface area contributed by atoms with Crippen LogP contribution in [-0.4, -0.2) is 22.5 Å². The number of esters is 1. The molecule has 0 radical (unpaired) electrons. The highest BCUT2D eigenvalue weighted by Gasteiger charge is 2.08. The minimum atomic E-state index is -0.176. The van der Waals surface area contributed by atoms with Crippen molar-refractivity contribution in [2.45, 2.75) is 91.4 Å². The predicted molar refractivity (Wildman–Crippen MR) is 130 cm³/mol. The number of hydrogen-bond donors (Lipinski definition) is 0. The third-order valence-electron chi connectivity index (χ3n) is 5.76. The van der Waals surface area contributed by atoms with Crippen LogP contribution in [0.25, 0.3) is 11.4 Å². The van der Waals surface area contributed by atoms with E-state index in [2.05, 4.69) is 30.7 Å². The maximum absolute atomic E-state index is 12.0. The number of carbonyl (C=O) groups excluding carboxylic acids is 1. The van der Waals surface area contributed by atoms with Crippen LogP contribution in [0.3, 0.4) is 0 Å². The van der Waals surface area contributed by atoms with Crippen LogP contribution < -0.4 is 9.47 Å². The zero-order valence-electron chi connectivity index (χ0n) is 20.1. The van der Waals surface area contributed by atoms with Crippen LogP contribution in [0.15, 0.2) is 36.7 Å². The molecule has 2 aromatic rings. The van der Waals surface area contributed by atoms with E-state index >= 15 is 0 Å². The molecule has 0 aliphatic carbocycles. The van der Waals surface area contributed by atoms with Crippen molar-refractivity contribution in [2.24, 2.45) is 5.92 Å². The number of aromatic nitrogens is 2. The molecule has 1 atom stereocenters. The third kappa shape index (κ3) is 10.3. The maximum Gasteiger partial charge on any atom is 0.311 e. The van der Waals surface area contributed by atoms with Gasteiger partial charge in [0.1, 0.15) is 5.75 Å². The molecule has 1 heterocycles. The average molecular weight is 441 g/mol. The molecule has 0 fully saturated rings. The molecule has 0 N–H and O–H groups in total. The first kappa shape index (κ1) is 25.8. The molecule has 176 valence electrons. The number of hydrogen-bond acceptors (Lipinski definition) is 5. The lowest BCUT2D eigenvalue weighted by Crippen LogP contribution is -2.07. The number of rotatable bonds is 16. The molecule has 0 saturated carbocycles. The van der Waals surface area contributed by atoms with Crippen molar-refractivity contribution in [3.8, 4) is 22.9 Å². The second-order valence-corrected chi connectivity index (χ2v) is 8.62. The number of carbonyl (C=O) groups is 1. The van der Waals surface area contributed by atoms with Gasteiger partial charge < -0.3 is 9.47 Å². The molecule has 0 saturated heterocycles. The van der Waals surface area contributed by atoms with Crippen molar-refractivity contribution in [1.82, 2.24) is 9.97 Å². The quantitative estimate of drug-likeness (QED) is 0.155. The van der Waals surface area contributed by atoms with Gasteiger partial charge in [0, 0.05) is 12.0 Å². The SMILES string of the molecule is CCCCCCCCOc1cnc(-c2ccc(OC(=O)CCCCC(C)CC)cc2)nc1. The third-order valence-corrected chi connectivity index (χ3v) is 5.76. The van der Waals surface area contributed by atoms with Crippen LogP contribution in [0.2, 0.25) is 0 Å². The van der Waals surface area contributed by atoms with Gasteiger partial charge in [-0.1, -0.05) is 72.1 Å². The van der Waals surface area contributed by atoms with Gasteiger partial charge in [-0.05, 0) is 43.0 Å². The smallest absolute Gasteiger partial charge is 0.311 e. The van der Waals surface area contributed by atoms with Crippen LogP contribution in [0, 0.1) is 5.92 Å². The first-order valence-corrected chi connectivity index (χ1v) is 12.4. The van der Waals surface area contributed by atoms with Gasteiger partial charge in [0.05, 0.1) is 19.0 Å². The van der Waals surface area contributed by atoms with Gasteiger partial charge in [-0.3, -0.25) is 4.79 Å². The summed E-state index contributed by atoms with van der Waals surface area (Å²) < 4.78 is 11.2. The lowest BCUT2D eigenvalue weighted by atomic mass is 10.0. The molecule has 5 heteroatoms. The van der Waals surface area contributed by atoms with Gasteiger partial charge in [-0.25, -0.2) is 9.97 Å². The minimum Gasteiger partial charge on any atom is -0.490 e. The Morgan fingerprint density at radius 1 is 0.875 bits per heavy atom. The summed E-state index contributed by atoms with van der Waals surface area (Å²) in [6.45, 7) is 7.38. The first-order valence-electron chi connectivity index (χ1n) is 12.4. The first-order chi connectivity index (χ1) is 15.6. The van der Waals surface area contributed by atoms with E-state index in [0.717, 1.165) is 30.7 Å². The van der Waals surface area contributed by atoms with E-state index in [0.29, 0.717) is 30.4 Å². The summed E-state index contributed by atoms with van der Waals surface area (Å²) in [6.07, 6.45) is 15.6. The second-order valence-electron chi connectivity index (χ2n) is 8.62. The molecule has 2 rings (SSSR count). The van der Waals surface area contributed by atoms with E-state index < -0.39 is 0 Å². The molecule has 0 spiro atoms. The lowest BCUT2D eigenvalue weighted by molar-refractivity contribution is -0.134. The van der Waals surface area contributed by atoms with E-state index in [1.54, 1.807) is 24.5 Å². The van der Waals surface area contributed by atoms with Crippen molar-refractivity contribution in [3.63, 3.8) is 0 Å². The predicted octanol–water partition coefficient (Wildman–Crippen LogP) is 7.39. The highest BCUT2D eigenvalue weighted by molar-refractivity contribution is 5.72. The Bertz CT molecular complexity index is 759. The van der Waals surface area contributed by atoms with Gasteiger partial charge >= 0.3 is 5.97 Å². The van der Waals surface area contributed by atoms with Crippen molar-refractivity contribution in [3.05, 3.63) is 36.7 Å². The molecule has 5 nitrogen and oxygen atoms in total. The fourth-order valence-corrected chi connectivity index (χ4v) is 3.43. The van der Waals surface area contributed by atoms with E-state index in [-0.39, 0.29) is 5.97 Å². The van der Waals surface area contributed by atoms with Crippen molar-refractivity contribution in [1.29, 1.82) is 0 Å². The van der Waals surface area contributed by atoms with E-state index in [1.165, 1.54) is 44.9 Å². The van der Waals surface area contributed by atoms with E-state index in [4.69, 9.17) is 9.47 Å². The Kier molecular flexibility index (Phi) is 12.4. The highest BCUT2D eigenvalue weighted by Crippen LogP contribution is 2.21. The molecular formula is C27H40N2O3. The molecule has 0 amide bonds. The second kappa shape index (κ2) is 15.4. The maximum atomic E-state index is 12.0. The van der Waals surface area contributed by atoms with Gasteiger partial charge in [-0.15, -0.1) is 0 Å². The molecule has 1 unspecified atom stereocenters. The van der Waals surface area contributed by atoms with E-state index in [1.807, 2.05) is 12.1 Å². The van der Waals surface area contributed by atoms with Crippen LogP contribution in [-0.2, 0) is 4.79 Å². The summed E-state index contributed by atoms with van der Waals surface area (Å²) in [5.41, 5.74) is 0.876. The summed E-state index contributed by atoms with van der Waals surface area (Å²) >= 11 is 0. The van der Waals surface area contributed by atoms with E-state index in [9.17, 15) is 4.79 Å². The normalized spacial score (nSPS) is 11.8. The van der Waals surface area contributed by atoms with Crippen molar-refractivity contribution in [2.75, 3.05) is 6.61 Å². The monoisotopic (exact) mass is 440 g/mol. The standard InChI is InChI=1S/C27H40N2O3/c1-4-6-7-8-9-12-19-31-25-20-28-27(29-21-25)23-15-17-24(18-16-23)32-26(30)14-11-10-13-22(3)5-2/h15-18,20-22H,4-14,19H2,1-3H3. The molecule has 0 aliphatic heterocycles. The molecule has 0 aliphatic rings. The number of nitrogens with zero attached hydrogens (tertiary/aromatic N) is 2. The summed E-state index contributed by atoms with van der Waals surface area (Å²) in [6, 6.07) is 7.33. The average Bonchev–Trinajstić information content (AvgIpc) is 2.82. The van der Waals surface area contributed by atoms with Crippen LogP contribution in [0.1, 0.15) is 91.4 Å². The minimum absolute atomic E-state index is 0.176. The Labute approximate surface area is 194 Å². The molecule has 0 bridgehead atoms. The van der Waals surface area contributed by atoms with Gasteiger partial charge in [0.15, 0.2) is 11.6 Å². The lowest BCUT2D eigenvalue weighted by Gasteiger charge is -2.08. The molecule has 1 aromatic carbocycles. The fraction of sp³-hybridized carbons (Fsp3) is 0.593. The van der Waals surface area contributed by atoms with Gasteiger partial charge in [0.2, 0.25) is 0 Å². The summed E-state index contributed by atoms with van der Waals surface area (Å²) in [5.74, 6) is 2.42. The number of ether oxygens (including phenoxy) is 2. The molecule has 1 aromatic heterocycles. The molecule has 32 heavy (non-hydrogen) atoms. The van der Waals surface area contributed by atoms with Crippen molar-refractivity contribution >= 4 is 5.97 Å². The van der Waals surface area contributed by atoms with Gasteiger partial charge in [-0.2, -0.15) is 0 Å². The summed E-state index contributed by atoms with van der Waals surface area (Å²) in [5, 5.41) is 0. The Balaban J connectivity index is 1.71. The largest absolute Gasteiger partial charge is 0.490 e. The number of benzene rings is 1. The molecular weight excluding hydrogens is 400 g/mol. The van der Waals surface area contributed by atoms with Crippen LogP contribution in [0.4, 0.5) is 0 Å². The Morgan fingerprint density at radius 2 is 1.56 bits per heavy atom. The van der Waals surface area contributed by atoms with Gasteiger partial charge in [0.25, 0.3) is 0 Å². The van der Waals surface area contributed by atoms with Crippen molar-refractivity contribution < 1.29 is 14.3 Å². The summed E-state index contributed by atoms with van der Waals surface area (Å²) in [4.78, 5) is 20.8.